The average molecular weight is 389 g/mol. The third kappa shape index (κ3) is 3.66. The lowest BCUT2D eigenvalue weighted by Gasteiger charge is -2.11. The highest BCUT2D eigenvalue weighted by molar-refractivity contribution is 6.15. The van der Waals surface area contributed by atoms with Crippen molar-refractivity contribution in [2.24, 2.45) is 0 Å². The van der Waals surface area contributed by atoms with Gasteiger partial charge in [-0.1, -0.05) is 0 Å². The van der Waals surface area contributed by atoms with Crippen molar-refractivity contribution in [3.8, 4) is 0 Å². The molecule has 3 aromatic heterocycles. The van der Waals surface area contributed by atoms with E-state index in [1.807, 2.05) is 18.2 Å². The number of nitrogens with zero attached hydrogens (tertiary/aromatic N) is 4. The lowest BCUT2D eigenvalue weighted by Crippen LogP contribution is -2.19. The molecule has 5 rings (SSSR count). The van der Waals surface area contributed by atoms with Gasteiger partial charge in [-0.15, -0.1) is 0 Å². The van der Waals surface area contributed by atoms with Gasteiger partial charge in [-0.25, -0.2) is 4.98 Å². The van der Waals surface area contributed by atoms with Gasteiger partial charge in [-0.3, -0.25) is 19.9 Å². The number of imide groups is 1. The van der Waals surface area contributed by atoms with Crippen molar-refractivity contribution in [1.29, 1.82) is 0 Å². The molecule has 0 spiro atoms. The molecule has 1 aliphatic heterocycles. The van der Waals surface area contributed by atoms with Gasteiger partial charge in [0, 0.05) is 42.2 Å². The summed E-state index contributed by atoms with van der Waals surface area (Å²) in [5, 5.41) is 13.6. The van der Waals surface area contributed by atoms with Gasteiger partial charge in [0.15, 0.2) is 5.65 Å². The summed E-state index contributed by atoms with van der Waals surface area (Å²) in [5.74, 6) is 0.884. The minimum Gasteiger partial charge on any atom is -0.367 e. The van der Waals surface area contributed by atoms with E-state index < -0.39 is 0 Å². The Bertz CT molecular complexity index is 1130. The van der Waals surface area contributed by atoms with Gasteiger partial charge < -0.3 is 10.6 Å². The largest absolute Gasteiger partial charge is 0.367 e. The molecule has 1 saturated carbocycles. The molecule has 2 fully saturated rings. The number of hydrogen-bond acceptors (Lipinski definition) is 7. The minimum atomic E-state index is -0.363. The van der Waals surface area contributed by atoms with Gasteiger partial charge in [-0.2, -0.15) is 9.61 Å². The summed E-state index contributed by atoms with van der Waals surface area (Å²) in [5.41, 5.74) is 2.82. The Morgan fingerprint density at radius 2 is 2.07 bits per heavy atom. The first-order chi connectivity index (χ1) is 14.2. The Morgan fingerprint density at radius 1 is 1.24 bits per heavy atom. The average Bonchev–Trinajstić information content (AvgIpc) is 3.36. The fourth-order valence-electron chi connectivity index (χ4n) is 3.21. The molecule has 1 aliphatic carbocycles. The number of carbonyl (C=O) groups excluding carboxylic acids is 2. The molecule has 0 radical (unpaired) electrons. The zero-order chi connectivity index (χ0) is 19.8. The number of rotatable bonds is 6. The number of fused-ring (bicyclic) bond motifs is 1. The number of carbonyl (C=O) groups is 2. The Morgan fingerprint density at radius 3 is 2.79 bits per heavy atom. The number of anilines is 2. The fraction of sp³-hybridized carbons (Fsp3) is 0.250. The van der Waals surface area contributed by atoms with Crippen molar-refractivity contribution in [2.75, 3.05) is 10.6 Å². The predicted molar refractivity (Wildman–Crippen MR) is 107 cm³/mol. The maximum Gasteiger partial charge on any atom is 0.254 e. The molecular formula is C20H19N7O2. The molecule has 3 N–H and O–H groups in total. The van der Waals surface area contributed by atoms with Crippen LogP contribution in [-0.2, 0) is 16.1 Å². The molecule has 2 aliphatic rings. The zero-order valence-corrected chi connectivity index (χ0v) is 15.6. The molecule has 146 valence electrons. The number of pyridine rings is 1. The SMILES string of the molecule is O=C1C/C(=C\c2cnn3c(NC4CC4)cc(NCc4ccncc4)nc23)C(=O)N1. The van der Waals surface area contributed by atoms with Crippen molar-refractivity contribution >= 4 is 35.2 Å². The third-order valence-corrected chi connectivity index (χ3v) is 4.88. The van der Waals surface area contributed by atoms with Crippen LogP contribution in [-0.4, -0.2) is 37.4 Å². The Kier molecular flexibility index (Phi) is 4.19. The van der Waals surface area contributed by atoms with Crippen molar-refractivity contribution in [3.63, 3.8) is 0 Å². The molecule has 2 amide bonds. The van der Waals surface area contributed by atoms with E-state index in [1.54, 1.807) is 29.2 Å². The van der Waals surface area contributed by atoms with E-state index in [2.05, 4.69) is 26.0 Å². The number of hydrogen-bond donors (Lipinski definition) is 3. The van der Waals surface area contributed by atoms with Gasteiger partial charge in [0.25, 0.3) is 5.91 Å². The van der Waals surface area contributed by atoms with Crippen molar-refractivity contribution in [3.05, 3.63) is 53.5 Å². The highest BCUT2D eigenvalue weighted by Crippen LogP contribution is 2.28. The summed E-state index contributed by atoms with van der Waals surface area (Å²) < 4.78 is 1.73. The van der Waals surface area contributed by atoms with Crippen LogP contribution in [0.3, 0.4) is 0 Å². The molecule has 9 nitrogen and oxygen atoms in total. The van der Waals surface area contributed by atoms with Crippen LogP contribution in [0, 0.1) is 0 Å². The van der Waals surface area contributed by atoms with Crippen LogP contribution in [0.25, 0.3) is 11.7 Å². The molecule has 1 saturated heterocycles. The number of amides is 2. The number of aromatic nitrogens is 4. The van der Waals surface area contributed by atoms with Crippen LogP contribution < -0.4 is 16.0 Å². The predicted octanol–water partition coefficient (Wildman–Crippen LogP) is 1.74. The number of nitrogens with one attached hydrogen (secondary N) is 3. The van der Waals surface area contributed by atoms with E-state index in [0.717, 1.165) is 24.2 Å². The van der Waals surface area contributed by atoms with E-state index in [1.165, 1.54) is 0 Å². The second kappa shape index (κ2) is 7.01. The first-order valence-corrected chi connectivity index (χ1v) is 9.48. The van der Waals surface area contributed by atoms with E-state index in [0.29, 0.717) is 35.2 Å². The summed E-state index contributed by atoms with van der Waals surface area (Å²) in [4.78, 5) is 32.1. The maximum absolute atomic E-state index is 11.9. The van der Waals surface area contributed by atoms with Gasteiger partial charge in [-0.05, 0) is 36.6 Å². The van der Waals surface area contributed by atoms with E-state index >= 15 is 0 Å². The van der Waals surface area contributed by atoms with E-state index in [9.17, 15) is 9.59 Å². The van der Waals surface area contributed by atoms with Crippen LogP contribution in [0.1, 0.15) is 30.4 Å². The fourth-order valence-corrected chi connectivity index (χ4v) is 3.21. The van der Waals surface area contributed by atoms with Crippen molar-refractivity contribution < 1.29 is 9.59 Å². The summed E-state index contributed by atoms with van der Waals surface area (Å²) in [6.45, 7) is 0.607. The second-order valence-corrected chi connectivity index (χ2v) is 7.21. The quantitative estimate of drug-likeness (QED) is 0.435. The Balaban J connectivity index is 1.51. The van der Waals surface area contributed by atoms with Crippen molar-refractivity contribution in [2.45, 2.75) is 31.8 Å². The Labute approximate surface area is 166 Å². The van der Waals surface area contributed by atoms with Crippen LogP contribution in [0.5, 0.6) is 0 Å². The van der Waals surface area contributed by atoms with Gasteiger partial charge in [0.2, 0.25) is 5.91 Å². The molecule has 0 unspecified atom stereocenters. The summed E-state index contributed by atoms with van der Waals surface area (Å²) in [7, 11) is 0. The molecule has 4 heterocycles. The molecule has 9 heteroatoms. The maximum atomic E-state index is 11.9. The standard InChI is InChI=1S/C20H19N7O2/c28-18-8-13(20(29)26-18)7-14-11-23-27-17(24-15-1-2-15)9-16(25-19(14)27)22-10-12-3-5-21-6-4-12/h3-7,9,11,15,24H,1-2,8,10H2,(H,22,25)(H,26,28,29)/b13-7+. The third-order valence-electron chi connectivity index (χ3n) is 4.88. The molecule has 3 aromatic rings. The second-order valence-electron chi connectivity index (χ2n) is 7.21. The minimum absolute atomic E-state index is 0.0728. The molecule has 29 heavy (non-hydrogen) atoms. The highest BCUT2D eigenvalue weighted by atomic mass is 16.2. The van der Waals surface area contributed by atoms with Gasteiger partial charge in [0.1, 0.15) is 11.6 Å². The van der Waals surface area contributed by atoms with E-state index in [-0.39, 0.29) is 18.2 Å². The lowest BCUT2D eigenvalue weighted by atomic mass is 10.1. The monoisotopic (exact) mass is 389 g/mol. The molecule has 0 bridgehead atoms. The van der Waals surface area contributed by atoms with Gasteiger partial charge >= 0.3 is 0 Å². The van der Waals surface area contributed by atoms with Crippen molar-refractivity contribution in [1.82, 2.24) is 24.9 Å². The first kappa shape index (κ1) is 17.4. The van der Waals surface area contributed by atoms with E-state index in [4.69, 9.17) is 4.98 Å². The highest BCUT2D eigenvalue weighted by Gasteiger charge is 2.25. The van der Waals surface area contributed by atoms with Gasteiger partial charge in [0.05, 0.1) is 12.6 Å². The zero-order valence-electron chi connectivity index (χ0n) is 15.6. The van der Waals surface area contributed by atoms with Crippen LogP contribution in [0.4, 0.5) is 11.6 Å². The van der Waals surface area contributed by atoms with Crippen LogP contribution in [0.15, 0.2) is 42.4 Å². The summed E-state index contributed by atoms with van der Waals surface area (Å²) in [6, 6.07) is 6.26. The molecular weight excluding hydrogens is 370 g/mol. The summed E-state index contributed by atoms with van der Waals surface area (Å²) >= 11 is 0. The first-order valence-electron chi connectivity index (χ1n) is 9.48. The Hall–Kier alpha value is -3.75. The van der Waals surface area contributed by atoms with Crippen LogP contribution in [0.2, 0.25) is 0 Å². The summed E-state index contributed by atoms with van der Waals surface area (Å²) in [6.07, 6.45) is 9.18. The molecule has 0 aromatic carbocycles. The normalized spacial score (nSPS) is 17.7. The smallest absolute Gasteiger partial charge is 0.254 e. The van der Waals surface area contributed by atoms with Crippen LogP contribution >= 0.6 is 0 Å². The lowest BCUT2D eigenvalue weighted by molar-refractivity contribution is -0.124. The topological polar surface area (TPSA) is 113 Å². The molecule has 0 atom stereocenters.